The third-order valence-corrected chi connectivity index (χ3v) is 2.53. The lowest BCUT2D eigenvalue weighted by Gasteiger charge is -2.09. The number of nitrogens with zero attached hydrogens (tertiary/aromatic N) is 1. The van der Waals surface area contributed by atoms with Crippen molar-refractivity contribution in [1.82, 2.24) is 0 Å². The summed E-state index contributed by atoms with van der Waals surface area (Å²) in [5.74, 6) is 0.593. The van der Waals surface area contributed by atoms with E-state index < -0.39 is 4.92 Å². The molecule has 0 atom stereocenters. The molecule has 0 radical (unpaired) electrons. The summed E-state index contributed by atoms with van der Waals surface area (Å²) < 4.78 is 10.4. The number of nitrogens with one attached hydrogen (secondary N) is 1. The summed E-state index contributed by atoms with van der Waals surface area (Å²) in [6.45, 7) is 4.08. The van der Waals surface area contributed by atoms with Crippen LogP contribution < -0.4 is 10.1 Å². The highest BCUT2D eigenvalue weighted by atomic mass is 16.6. The Balaban J connectivity index is 2.52. The predicted molar refractivity (Wildman–Crippen MR) is 73.9 cm³/mol. The lowest BCUT2D eigenvalue weighted by Crippen LogP contribution is -2.07. The van der Waals surface area contributed by atoms with E-state index in [1.54, 1.807) is 12.1 Å². The van der Waals surface area contributed by atoms with E-state index in [1.165, 1.54) is 13.2 Å². The minimum atomic E-state index is -0.407. The summed E-state index contributed by atoms with van der Waals surface area (Å²) >= 11 is 0. The van der Waals surface area contributed by atoms with Crippen molar-refractivity contribution < 1.29 is 14.4 Å². The minimum Gasteiger partial charge on any atom is -0.497 e. The normalized spacial score (nSPS) is 10.2. The van der Waals surface area contributed by atoms with Crippen LogP contribution in [-0.2, 0) is 4.74 Å². The zero-order valence-corrected chi connectivity index (χ0v) is 11.3. The molecule has 0 saturated heterocycles. The third kappa shape index (κ3) is 5.13. The monoisotopic (exact) mass is 268 g/mol. The maximum Gasteiger partial charge on any atom is 0.292 e. The second kappa shape index (κ2) is 8.31. The molecular formula is C13H20N2O4. The Kier molecular flexibility index (Phi) is 6.67. The van der Waals surface area contributed by atoms with Gasteiger partial charge in [-0.15, -0.1) is 0 Å². The summed E-state index contributed by atoms with van der Waals surface area (Å²) in [7, 11) is 1.53. The summed E-state index contributed by atoms with van der Waals surface area (Å²) in [6.07, 6.45) is 1.79. The molecule has 0 bridgehead atoms. The van der Waals surface area contributed by atoms with Crippen LogP contribution in [0.3, 0.4) is 0 Å². The van der Waals surface area contributed by atoms with Crippen LogP contribution in [0.25, 0.3) is 0 Å². The van der Waals surface area contributed by atoms with Gasteiger partial charge in [0, 0.05) is 31.9 Å². The van der Waals surface area contributed by atoms with Crippen LogP contribution in [0.5, 0.6) is 5.75 Å². The first-order valence-corrected chi connectivity index (χ1v) is 6.33. The zero-order chi connectivity index (χ0) is 14.1. The van der Waals surface area contributed by atoms with Crippen LogP contribution in [0.4, 0.5) is 11.4 Å². The number of rotatable bonds is 9. The van der Waals surface area contributed by atoms with Gasteiger partial charge in [-0.05, 0) is 18.9 Å². The molecule has 6 nitrogen and oxygen atoms in total. The molecule has 106 valence electrons. The van der Waals surface area contributed by atoms with Crippen molar-refractivity contribution in [2.75, 3.05) is 32.2 Å². The molecule has 0 aliphatic rings. The van der Waals surface area contributed by atoms with Crippen molar-refractivity contribution in [1.29, 1.82) is 0 Å². The summed E-state index contributed by atoms with van der Waals surface area (Å²) in [6, 6.07) is 4.65. The Morgan fingerprint density at radius 2 is 2.16 bits per heavy atom. The molecule has 1 N–H and O–H groups in total. The van der Waals surface area contributed by atoms with Gasteiger partial charge in [-0.3, -0.25) is 10.1 Å². The Hall–Kier alpha value is -1.82. The van der Waals surface area contributed by atoms with Crippen LogP contribution in [0, 0.1) is 10.1 Å². The van der Waals surface area contributed by atoms with Crippen LogP contribution in [0.15, 0.2) is 18.2 Å². The van der Waals surface area contributed by atoms with Crippen molar-refractivity contribution in [3.8, 4) is 5.75 Å². The SMILES string of the molecule is CCCOCCCNc1cc(OC)ccc1[N+](=O)[O-]. The van der Waals surface area contributed by atoms with Gasteiger partial charge in [0.15, 0.2) is 0 Å². The molecule has 0 aliphatic heterocycles. The minimum absolute atomic E-state index is 0.0512. The maximum atomic E-state index is 10.9. The molecular weight excluding hydrogens is 248 g/mol. The largest absolute Gasteiger partial charge is 0.497 e. The third-order valence-electron chi connectivity index (χ3n) is 2.53. The van der Waals surface area contributed by atoms with E-state index in [0.717, 1.165) is 19.4 Å². The average molecular weight is 268 g/mol. The molecule has 0 aliphatic carbocycles. The van der Waals surface area contributed by atoms with E-state index in [4.69, 9.17) is 9.47 Å². The van der Waals surface area contributed by atoms with Crippen molar-refractivity contribution >= 4 is 11.4 Å². The van der Waals surface area contributed by atoms with E-state index in [-0.39, 0.29) is 5.69 Å². The van der Waals surface area contributed by atoms with Gasteiger partial charge in [0.1, 0.15) is 11.4 Å². The second-order valence-electron chi connectivity index (χ2n) is 4.03. The first-order valence-electron chi connectivity index (χ1n) is 6.33. The highest BCUT2D eigenvalue weighted by Crippen LogP contribution is 2.28. The molecule has 0 unspecified atom stereocenters. The summed E-state index contributed by atoms with van der Waals surface area (Å²) in [5.41, 5.74) is 0.523. The Labute approximate surface area is 112 Å². The molecule has 0 saturated carbocycles. The first kappa shape index (κ1) is 15.2. The van der Waals surface area contributed by atoms with Crippen LogP contribution in [0.1, 0.15) is 19.8 Å². The lowest BCUT2D eigenvalue weighted by molar-refractivity contribution is -0.384. The van der Waals surface area contributed by atoms with Gasteiger partial charge in [-0.2, -0.15) is 0 Å². The standard InChI is InChI=1S/C13H20N2O4/c1-3-8-19-9-4-7-14-12-10-11(18-2)5-6-13(12)15(16)17/h5-6,10,14H,3-4,7-9H2,1-2H3. The van der Waals surface area contributed by atoms with Gasteiger partial charge in [-0.1, -0.05) is 6.92 Å². The Morgan fingerprint density at radius 1 is 1.37 bits per heavy atom. The zero-order valence-electron chi connectivity index (χ0n) is 11.3. The average Bonchev–Trinajstić information content (AvgIpc) is 2.42. The van der Waals surface area contributed by atoms with E-state index >= 15 is 0 Å². The number of benzene rings is 1. The van der Waals surface area contributed by atoms with Crippen LogP contribution in [0.2, 0.25) is 0 Å². The highest BCUT2D eigenvalue weighted by molar-refractivity contribution is 5.64. The number of hydrogen-bond donors (Lipinski definition) is 1. The molecule has 1 aromatic carbocycles. The number of anilines is 1. The van der Waals surface area contributed by atoms with Crippen molar-refractivity contribution in [3.05, 3.63) is 28.3 Å². The van der Waals surface area contributed by atoms with Crippen molar-refractivity contribution in [2.45, 2.75) is 19.8 Å². The molecule has 19 heavy (non-hydrogen) atoms. The molecule has 0 aromatic heterocycles. The fraction of sp³-hybridized carbons (Fsp3) is 0.538. The van der Waals surface area contributed by atoms with E-state index in [9.17, 15) is 10.1 Å². The van der Waals surface area contributed by atoms with Gasteiger partial charge in [0.25, 0.3) is 5.69 Å². The molecule has 6 heteroatoms. The van der Waals surface area contributed by atoms with Crippen LogP contribution >= 0.6 is 0 Å². The molecule has 1 aromatic rings. The fourth-order valence-corrected chi connectivity index (χ4v) is 1.59. The van der Waals surface area contributed by atoms with Gasteiger partial charge >= 0.3 is 0 Å². The Bertz CT molecular complexity index is 410. The first-order chi connectivity index (χ1) is 9.19. The van der Waals surface area contributed by atoms with Gasteiger partial charge in [-0.25, -0.2) is 0 Å². The molecule has 0 spiro atoms. The Morgan fingerprint density at radius 3 is 2.79 bits per heavy atom. The smallest absolute Gasteiger partial charge is 0.292 e. The maximum absolute atomic E-state index is 10.9. The summed E-state index contributed by atoms with van der Waals surface area (Å²) in [4.78, 5) is 10.5. The number of methoxy groups -OCH3 is 1. The van der Waals surface area contributed by atoms with E-state index in [0.29, 0.717) is 24.6 Å². The number of nitro benzene ring substituents is 1. The molecule has 1 rings (SSSR count). The fourth-order valence-electron chi connectivity index (χ4n) is 1.59. The van der Waals surface area contributed by atoms with Crippen molar-refractivity contribution in [2.24, 2.45) is 0 Å². The van der Waals surface area contributed by atoms with Gasteiger partial charge in [0.05, 0.1) is 12.0 Å². The van der Waals surface area contributed by atoms with Gasteiger partial charge < -0.3 is 14.8 Å². The van der Waals surface area contributed by atoms with E-state index in [2.05, 4.69) is 12.2 Å². The highest BCUT2D eigenvalue weighted by Gasteiger charge is 2.13. The molecule has 0 heterocycles. The predicted octanol–water partition coefficient (Wildman–Crippen LogP) is 2.83. The van der Waals surface area contributed by atoms with Crippen LogP contribution in [-0.4, -0.2) is 31.8 Å². The topological polar surface area (TPSA) is 73.6 Å². The molecule has 0 fully saturated rings. The quantitative estimate of drug-likeness (QED) is 0.423. The number of hydrogen-bond acceptors (Lipinski definition) is 5. The van der Waals surface area contributed by atoms with Crippen molar-refractivity contribution in [3.63, 3.8) is 0 Å². The van der Waals surface area contributed by atoms with E-state index in [1.807, 2.05) is 0 Å². The second-order valence-corrected chi connectivity index (χ2v) is 4.03. The number of ether oxygens (including phenoxy) is 2. The number of nitro groups is 1. The molecule has 0 amide bonds. The summed E-state index contributed by atoms with van der Waals surface area (Å²) in [5, 5.41) is 13.9. The lowest BCUT2D eigenvalue weighted by atomic mass is 10.2. The van der Waals surface area contributed by atoms with Gasteiger partial charge in [0.2, 0.25) is 0 Å².